The molecule has 30 heavy (non-hydrogen) atoms. The number of hydrogen-bond acceptors (Lipinski definition) is 3. The van der Waals surface area contributed by atoms with Crippen LogP contribution in [0.15, 0.2) is 48.5 Å². The van der Waals surface area contributed by atoms with Crippen molar-refractivity contribution in [1.29, 1.82) is 0 Å². The number of pyridine rings is 1. The van der Waals surface area contributed by atoms with Gasteiger partial charge in [0, 0.05) is 17.7 Å². The molecule has 5 rings (SSSR count). The molecule has 4 heterocycles. The number of rotatable bonds is 7. The lowest BCUT2D eigenvalue weighted by molar-refractivity contribution is 0.0870. The summed E-state index contributed by atoms with van der Waals surface area (Å²) in [4.78, 5) is 2.51. The van der Waals surface area contributed by atoms with Gasteiger partial charge < -0.3 is 19.1 Å². The molecule has 1 aliphatic rings. The molecule has 3 aromatic heterocycles. The Labute approximate surface area is 178 Å². The van der Waals surface area contributed by atoms with Gasteiger partial charge in [-0.15, -0.1) is 0 Å². The molecule has 0 spiro atoms. The fourth-order valence-corrected chi connectivity index (χ4v) is 5.04. The predicted octanol–water partition coefficient (Wildman–Crippen LogP) is 5.47. The number of likely N-dealkylation sites (tertiary alicyclic amines) is 1. The average Bonchev–Trinajstić information content (AvgIpc) is 3.33. The van der Waals surface area contributed by atoms with Crippen LogP contribution in [0.4, 0.5) is 0 Å². The Hall–Kier alpha value is -2.56. The maximum Gasteiger partial charge on any atom is 0.139 e. The van der Waals surface area contributed by atoms with Crippen molar-refractivity contribution in [2.75, 3.05) is 26.2 Å². The van der Waals surface area contributed by atoms with E-state index in [9.17, 15) is 5.11 Å². The zero-order valence-corrected chi connectivity index (χ0v) is 17.7. The summed E-state index contributed by atoms with van der Waals surface area (Å²) in [6.45, 7) is 6.91. The second-order valence-electron chi connectivity index (χ2n) is 8.37. The highest BCUT2D eigenvalue weighted by molar-refractivity contribution is 5.98. The minimum absolute atomic E-state index is 0.323. The van der Waals surface area contributed by atoms with Crippen molar-refractivity contribution in [3.8, 4) is 16.9 Å². The first-order valence-corrected chi connectivity index (χ1v) is 11.2. The highest BCUT2D eigenvalue weighted by Crippen LogP contribution is 2.41. The monoisotopic (exact) mass is 402 g/mol. The molecule has 0 aliphatic carbocycles. The maximum absolute atomic E-state index is 10.5. The second-order valence-corrected chi connectivity index (χ2v) is 8.37. The minimum atomic E-state index is 0.323. The minimum Gasteiger partial charge on any atom is -0.506 e. The summed E-state index contributed by atoms with van der Waals surface area (Å²) in [6.07, 6.45) is 4.92. The molecule has 156 valence electrons. The summed E-state index contributed by atoms with van der Waals surface area (Å²) in [6, 6.07) is 16.6. The Morgan fingerprint density at radius 3 is 2.53 bits per heavy atom. The van der Waals surface area contributed by atoms with Gasteiger partial charge in [-0.1, -0.05) is 43.7 Å². The van der Waals surface area contributed by atoms with Crippen LogP contribution in [0.3, 0.4) is 0 Å². The number of ether oxygens (including phenoxy) is 1. The van der Waals surface area contributed by atoms with E-state index in [1.54, 1.807) is 0 Å². The van der Waals surface area contributed by atoms with Crippen LogP contribution in [-0.2, 0) is 17.8 Å². The number of hydrogen-bond donors (Lipinski definition) is 1. The van der Waals surface area contributed by atoms with E-state index in [4.69, 9.17) is 4.74 Å². The van der Waals surface area contributed by atoms with Crippen LogP contribution in [0.2, 0.25) is 0 Å². The van der Waals surface area contributed by atoms with Crippen LogP contribution in [0, 0.1) is 0 Å². The van der Waals surface area contributed by atoms with Gasteiger partial charge in [-0.25, -0.2) is 0 Å². The molecule has 0 amide bonds. The molecule has 0 saturated carbocycles. The van der Waals surface area contributed by atoms with E-state index in [2.05, 4.69) is 52.6 Å². The standard InChI is InChI=1S/C26H30N2O2/c1-2-21-22-11-12-24(29)23-17-20(18-30-16-15-27-13-7-4-8-14-27)26(28(22)23)25(21)19-9-5-3-6-10-19/h3,5-6,9-12,17,29H,2,4,7-8,13-16,18H2,1H3. The van der Waals surface area contributed by atoms with E-state index in [1.807, 2.05) is 12.1 Å². The molecule has 4 heteroatoms. The number of aromatic nitrogens is 1. The summed E-state index contributed by atoms with van der Waals surface area (Å²) < 4.78 is 8.37. The van der Waals surface area contributed by atoms with Crippen LogP contribution in [0.1, 0.15) is 37.3 Å². The average molecular weight is 403 g/mol. The summed E-state index contributed by atoms with van der Waals surface area (Å²) in [5.74, 6) is 0.323. The van der Waals surface area contributed by atoms with Crippen LogP contribution in [-0.4, -0.2) is 40.6 Å². The smallest absolute Gasteiger partial charge is 0.139 e. The fourth-order valence-electron chi connectivity index (χ4n) is 5.04. The molecule has 4 nitrogen and oxygen atoms in total. The molecule has 1 fully saturated rings. The van der Waals surface area contributed by atoms with Crippen molar-refractivity contribution >= 4 is 16.6 Å². The lowest BCUT2D eigenvalue weighted by Crippen LogP contribution is -2.32. The molecule has 1 aliphatic heterocycles. The van der Waals surface area contributed by atoms with Gasteiger partial charge >= 0.3 is 0 Å². The third kappa shape index (κ3) is 3.34. The Balaban J connectivity index is 1.51. The molecular weight excluding hydrogens is 372 g/mol. The number of benzene rings is 1. The molecule has 0 atom stereocenters. The second kappa shape index (κ2) is 8.29. The Morgan fingerprint density at radius 1 is 0.967 bits per heavy atom. The molecule has 1 N–H and O–H groups in total. The van der Waals surface area contributed by atoms with E-state index in [1.165, 1.54) is 60.1 Å². The summed E-state index contributed by atoms with van der Waals surface area (Å²) in [5, 5.41) is 10.5. The van der Waals surface area contributed by atoms with Gasteiger partial charge in [-0.3, -0.25) is 0 Å². The van der Waals surface area contributed by atoms with Crippen molar-refractivity contribution < 1.29 is 9.84 Å². The van der Waals surface area contributed by atoms with Crippen LogP contribution in [0.5, 0.6) is 5.75 Å². The Bertz CT molecular complexity index is 1130. The SMILES string of the molecule is CCc1c(-c2ccccc2)c2c(COCCN3CCCCC3)cc3c(O)ccc1n32. The number of aryl methyl sites for hydroxylation is 1. The van der Waals surface area contributed by atoms with Gasteiger partial charge in [-0.2, -0.15) is 0 Å². The van der Waals surface area contributed by atoms with E-state index in [0.717, 1.165) is 30.7 Å². The first-order valence-electron chi connectivity index (χ1n) is 11.2. The van der Waals surface area contributed by atoms with Gasteiger partial charge in [0.25, 0.3) is 0 Å². The quantitative estimate of drug-likeness (QED) is 0.417. The fraction of sp³-hybridized carbons (Fsp3) is 0.385. The molecule has 1 aromatic carbocycles. The molecule has 4 aromatic rings. The van der Waals surface area contributed by atoms with Crippen molar-refractivity contribution in [2.45, 2.75) is 39.2 Å². The number of nitrogens with zero attached hydrogens (tertiary/aromatic N) is 2. The van der Waals surface area contributed by atoms with Crippen molar-refractivity contribution in [1.82, 2.24) is 9.30 Å². The number of aromatic hydroxyl groups is 1. The zero-order valence-electron chi connectivity index (χ0n) is 17.7. The van der Waals surface area contributed by atoms with Crippen molar-refractivity contribution in [2.24, 2.45) is 0 Å². The van der Waals surface area contributed by atoms with E-state index < -0.39 is 0 Å². The predicted molar refractivity (Wildman–Crippen MR) is 123 cm³/mol. The highest BCUT2D eigenvalue weighted by atomic mass is 16.5. The molecule has 0 bridgehead atoms. The van der Waals surface area contributed by atoms with E-state index in [-0.39, 0.29) is 0 Å². The van der Waals surface area contributed by atoms with Gasteiger partial charge in [0.05, 0.1) is 29.8 Å². The molecule has 0 unspecified atom stereocenters. The highest BCUT2D eigenvalue weighted by Gasteiger charge is 2.23. The molecular formula is C26H30N2O2. The lowest BCUT2D eigenvalue weighted by Gasteiger charge is -2.26. The summed E-state index contributed by atoms with van der Waals surface area (Å²) in [5.41, 5.74) is 8.20. The van der Waals surface area contributed by atoms with Crippen LogP contribution in [0.25, 0.3) is 27.7 Å². The molecule has 0 radical (unpaired) electrons. The summed E-state index contributed by atoms with van der Waals surface area (Å²) >= 11 is 0. The zero-order chi connectivity index (χ0) is 20.5. The van der Waals surface area contributed by atoms with Crippen LogP contribution < -0.4 is 0 Å². The van der Waals surface area contributed by atoms with Gasteiger partial charge in [0.1, 0.15) is 5.75 Å². The first-order chi connectivity index (χ1) is 14.8. The first kappa shape index (κ1) is 19.4. The Kier molecular flexibility index (Phi) is 5.36. The topological polar surface area (TPSA) is 37.1 Å². The van der Waals surface area contributed by atoms with E-state index in [0.29, 0.717) is 12.4 Å². The Morgan fingerprint density at radius 2 is 1.77 bits per heavy atom. The van der Waals surface area contributed by atoms with Gasteiger partial charge in [0.15, 0.2) is 0 Å². The van der Waals surface area contributed by atoms with Gasteiger partial charge in [0.2, 0.25) is 0 Å². The normalized spacial score (nSPS) is 15.5. The third-order valence-corrected chi connectivity index (χ3v) is 6.50. The van der Waals surface area contributed by atoms with Crippen molar-refractivity contribution in [3.63, 3.8) is 0 Å². The van der Waals surface area contributed by atoms with E-state index >= 15 is 0 Å². The molecule has 1 saturated heterocycles. The van der Waals surface area contributed by atoms with Gasteiger partial charge in [-0.05, 0) is 61.7 Å². The third-order valence-electron chi connectivity index (χ3n) is 6.50. The van der Waals surface area contributed by atoms with Crippen LogP contribution >= 0.6 is 0 Å². The largest absolute Gasteiger partial charge is 0.506 e. The maximum atomic E-state index is 10.5. The van der Waals surface area contributed by atoms with Crippen molar-refractivity contribution in [3.05, 3.63) is 59.7 Å². The summed E-state index contributed by atoms with van der Waals surface area (Å²) in [7, 11) is 0. The number of piperidine rings is 1. The lowest BCUT2D eigenvalue weighted by atomic mass is 9.98.